The molecule has 0 spiro atoms. The number of hydrogen-bond donors (Lipinski definition) is 2. The number of aliphatic imine (C=N–C) groups is 1. The van der Waals surface area contributed by atoms with Crippen LogP contribution in [0.1, 0.15) is 39.9 Å². The Balaban J connectivity index is 1.91. The largest absolute Gasteiger partial charge is 0.370 e. The fourth-order valence-corrected chi connectivity index (χ4v) is 4.74. The van der Waals surface area contributed by atoms with Crippen molar-refractivity contribution >= 4 is 40.4 Å². The van der Waals surface area contributed by atoms with Gasteiger partial charge in [0.1, 0.15) is 11.9 Å². The van der Waals surface area contributed by atoms with Crippen molar-refractivity contribution in [2.75, 3.05) is 5.32 Å². The average Bonchev–Trinajstić information content (AvgIpc) is 3.11. The highest BCUT2D eigenvalue weighted by molar-refractivity contribution is 7.16. The molecule has 3 N–H and O–H groups in total. The molecule has 3 aromatic rings. The normalized spacial score (nSPS) is 15.4. The van der Waals surface area contributed by atoms with Crippen molar-refractivity contribution in [1.82, 2.24) is 5.16 Å². The number of anilines is 1. The van der Waals surface area contributed by atoms with Gasteiger partial charge in [0.15, 0.2) is 5.76 Å². The number of amides is 1. The van der Waals surface area contributed by atoms with E-state index in [0.717, 1.165) is 32.9 Å². The topological polar surface area (TPSA) is 93.5 Å². The van der Waals surface area contributed by atoms with E-state index in [2.05, 4.69) is 24.3 Å². The molecule has 0 saturated heterocycles. The number of aryl methyl sites for hydroxylation is 2. The number of fused-ring (bicyclic) bond motifs is 3. The minimum Gasteiger partial charge on any atom is -0.370 e. The monoisotopic (exact) mass is 414 g/mol. The molecule has 3 heterocycles. The molecule has 2 aromatic heterocycles. The molecule has 0 radical (unpaired) electrons. The zero-order chi connectivity index (χ0) is 20.0. The molecular weight excluding hydrogens is 396 g/mol. The predicted molar refractivity (Wildman–Crippen MR) is 112 cm³/mol. The Morgan fingerprint density at radius 2 is 1.96 bits per heavy atom. The van der Waals surface area contributed by atoms with Gasteiger partial charge < -0.3 is 15.6 Å². The van der Waals surface area contributed by atoms with Crippen molar-refractivity contribution in [1.29, 1.82) is 0 Å². The number of amidine groups is 1. The SMILES string of the molecule is Cc1noc2c1-c1sc(C)c(C)c1C(Nc1ccc(Cl)cc1)=N[C@H]2CC(N)=O. The summed E-state index contributed by atoms with van der Waals surface area (Å²) in [7, 11) is 0. The van der Waals surface area contributed by atoms with Crippen molar-refractivity contribution in [2.45, 2.75) is 33.2 Å². The van der Waals surface area contributed by atoms with Gasteiger partial charge >= 0.3 is 0 Å². The Labute approximate surface area is 171 Å². The maximum Gasteiger partial charge on any atom is 0.220 e. The van der Waals surface area contributed by atoms with Crippen LogP contribution in [0, 0.1) is 20.8 Å². The van der Waals surface area contributed by atoms with Gasteiger partial charge in [-0.3, -0.25) is 9.79 Å². The van der Waals surface area contributed by atoms with E-state index in [1.54, 1.807) is 11.3 Å². The van der Waals surface area contributed by atoms with E-state index in [9.17, 15) is 4.79 Å². The van der Waals surface area contributed by atoms with Crippen molar-refractivity contribution in [3.8, 4) is 10.4 Å². The molecule has 144 valence electrons. The number of rotatable bonds is 3. The number of carbonyl (C=O) groups excluding carboxylic acids is 1. The maximum atomic E-state index is 11.7. The van der Waals surface area contributed by atoms with Crippen molar-refractivity contribution in [3.05, 3.63) is 56.7 Å². The fourth-order valence-electron chi connectivity index (χ4n) is 3.35. The number of thiophene rings is 1. The van der Waals surface area contributed by atoms with E-state index in [1.807, 2.05) is 31.2 Å². The number of benzene rings is 1. The van der Waals surface area contributed by atoms with Gasteiger partial charge in [-0.05, 0) is 50.6 Å². The number of primary amides is 1. The first kappa shape index (κ1) is 18.7. The van der Waals surface area contributed by atoms with Gasteiger partial charge in [0.2, 0.25) is 5.91 Å². The lowest BCUT2D eigenvalue weighted by molar-refractivity contribution is -0.118. The van der Waals surface area contributed by atoms with E-state index >= 15 is 0 Å². The number of nitrogens with zero attached hydrogens (tertiary/aromatic N) is 2. The number of nitrogens with two attached hydrogens (primary N) is 1. The van der Waals surface area contributed by atoms with Crippen molar-refractivity contribution < 1.29 is 9.32 Å². The molecule has 1 aromatic carbocycles. The quantitative estimate of drug-likeness (QED) is 0.645. The first-order valence-electron chi connectivity index (χ1n) is 8.80. The van der Waals surface area contributed by atoms with Gasteiger partial charge in [0.05, 0.1) is 22.6 Å². The van der Waals surface area contributed by atoms with E-state index in [1.165, 1.54) is 4.88 Å². The first-order chi connectivity index (χ1) is 13.3. The highest BCUT2D eigenvalue weighted by atomic mass is 35.5. The van der Waals surface area contributed by atoms with E-state index in [0.29, 0.717) is 16.6 Å². The van der Waals surface area contributed by atoms with Crippen molar-refractivity contribution in [2.24, 2.45) is 10.7 Å². The molecular formula is C20H19ClN4O2S. The molecule has 6 nitrogen and oxygen atoms in total. The summed E-state index contributed by atoms with van der Waals surface area (Å²) in [5.41, 5.74) is 10.1. The maximum absolute atomic E-state index is 11.7. The molecule has 0 unspecified atom stereocenters. The first-order valence-corrected chi connectivity index (χ1v) is 10.00. The average molecular weight is 415 g/mol. The van der Waals surface area contributed by atoms with Gasteiger partial charge in [0, 0.05) is 21.2 Å². The molecule has 8 heteroatoms. The number of halogens is 1. The van der Waals surface area contributed by atoms with Gasteiger partial charge in [0.25, 0.3) is 0 Å². The third-order valence-electron chi connectivity index (χ3n) is 4.83. The van der Waals surface area contributed by atoms with Gasteiger partial charge in [-0.25, -0.2) is 0 Å². The van der Waals surface area contributed by atoms with Crippen LogP contribution in [-0.2, 0) is 4.79 Å². The second kappa shape index (κ2) is 7.07. The van der Waals surface area contributed by atoms with Crippen LogP contribution < -0.4 is 11.1 Å². The summed E-state index contributed by atoms with van der Waals surface area (Å²) < 4.78 is 5.60. The molecule has 1 amide bonds. The van der Waals surface area contributed by atoms with Gasteiger partial charge in [-0.15, -0.1) is 11.3 Å². The summed E-state index contributed by atoms with van der Waals surface area (Å²) in [5, 5.41) is 8.18. The number of carbonyl (C=O) groups is 1. The molecule has 0 aliphatic carbocycles. The number of nitrogens with one attached hydrogen (secondary N) is 1. The Morgan fingerprint density at radius 3 is 2.64 bits per heavy atom. The minimum absolute atomic E-state index is 0.0421. The van der Waals surface area contributed by atoms with Crippen LogP contribution in [0.2, 0.25) is 5.02 Å². The number of aromatic nitrogens is 1. The molecule has 28 heavy (non-hydrogen) atoms. The lowest BCUT2D eigenvalue weighted by Crippen LogP contribution is -2.18. The van der Waals surface area contributed by atoms with Crippen LogP contribution >= 0.6 is 22.9 Å². The van der Waals surface area contributed by atoms with E-state index in [-0.39, 0.29) is 6.42 Å². The molecule has 4 rings (SSSR count). The standard InChI is InChI=1S/C20H19ClN4O2S/c1-9-11(3)28-19-16(9)20(23-13-6-4-12(21)5-7-13)24-14(8-15(22)26)18-17(19)10(2)25-27-18/h4-7,14H,8H2,1-3H3,(H2,22,26)(H,23,24)/t14-/m0/s1. The van der Waals surface area contributed by atoms with E-state index < -0.39 is 11.9 Å². The molecule has 1 atom stereocenters. The molecule has 1 aliphatic heterocycles. The minimum atomic E-state index is -0.539. The second-order valence-electron chi connectivity index (χ2n) is 6.79. The summed E-state index contributed by atoms with van der Waals surface area (Å²) in [4.78, 5) is 18.8. The highest BCUT2D eigenvalue weighted by Crippen LogP contribution is 2.45. The zero-order valence-corrected chi connectivity index (χ0v) is 17.2. The van der Waals surface area contributed by atoms with Gasteiger partial charge in [-0.2, -0.15) is 0 Å². The lowest BCUT2D eigenvalue weighted by atomic mass is 10.0. The fraction of sp³-hybridized carbons (Fsp3) is 0.250. The van der Waals surface area contributed by atoms with Crippen LogP contribution in [0.5, 0.6) is 0 Å². The molecule has 0 bridgehead atoms. The highest BCUT2D eigenvalue weighted by Gasteiger charge is 2.33. The van der Waals surface area contributed by atoms with Crippen LogP contribution in [-0.4, -0.2) is 16.9 Å². The van der Waals surface area contributed by atoms with E-state index in [4.69, 9.17) is 26.9 Å². The predicted octanol–water partition coefficient (Wildman–Crippen LogP) is 4.77. The smallest absolute Gasteiger partial charge is 0.220 e. The Kier molecular flexibility index (Phi) is 4.72. The summed E-state index contributed by atoms with van der Waals surface area (Å²) in [6, 6.07) is 6.86. The Morgan fingerprint density at radius 1 is 1.25 bits per heavy atom. The lowest BCUT2D eigenvalue weighted by Gasteiger charge is -2.13. The van der Waals surface area contributed by atoms with Crippen LogP contribution in [0.15, 0.2) is 33.8 Å². The van der Waals surface area contributed by atoms with Crippen LogP contribution in [0.3, 0.4) is 0 Å². The Hall–Kier alpha value is -2.64. The second-order valence-corrected chi connectivity index (χ2v) is 8.45. The van der Waals surface area contributed by atoms with Crippen LogP contribution in [0.25, 0.3) is 10.4 Å². The third-order valence-corrected chi connectivity index (χ3v) is 6.30. The number of hydrogen-bond acceptors (Lipinski definition) is 6. The third kappa shape index (κ3) is 3.21. The van der Waals surface area contributed by atoms with Crippen LogP contribution in [0.4, 0.5) is 5.69 Å². The summed E-state index contributed by atoms with van der Waals surface area (Å²) in [6.45, 7) is 6.05. The Bertz CT molecular complexity index is 1100. The molecule has 1 aliphatic rings. The summed E-state index contributed by atoms with van der Waals surface area (Å²) in [5.74, 6) is 0.806. The van der Waals surface area contributed by atoms with Gasteiger partial charge in [-0.1, -0.05) is 16.8 Å². The summed E-state index contributed by atoms with van der Waals surface area (Å²) >= 11 is 7.68. The molecule has 0 fully saturated rings. The van der Waals surface area contributed by atoms with Crippen molar-refractivity contribution in [3.63, 3.8) is 0 Å². The summed E-state index contributed by atoms with van der Waals surface area (Å²) in [6.07, 6.45) is 0.0421. The molecule has 0 saturated carbocycles. The zero-order valence-electron chi connectivity index (χ0n) is 15.7.